The molecule has 1 atom stereocenters. The SMILES string of the molecule is O=S([O-])n1cnnn1. The lowest BCUT2D eigenvalue weighted by atomic mass is 11.4. The van der Waals surface area contributed by atoms with E-state index >= 15 is 0 Å². The summed E-state index contributed by atoms with van der Waals surface area (Å²) in [6.45, 7) is 0. The van der Waals surface area contributed by atoms with Crippen LogP contribution in [0.5, 0.6) is 0 Å². The van der Waals surface area contributed by atoms with Crippen LogP contribution in [0.1, 0.15) is 0 Å². The second-order valence-corrected chi connectivity index (χ2v) is 1.74. The van der Waals surface area contributed by atoms with E-state index in [1.54, 1.807) is 0 Å². The maximum atomic E-state index is 9.88. The van der Waals surface area contributed by atoms with Crippen molar-refractivity contribution < 1.29 is 8.76 Å². The van der Waals surface area contributed by atoms with E-state index in [1.165, 1.54) is 0 Å². The van der Waals surface area contributed by atoms with Gasteiger partial charge in [0.15, 0.2) is 6.33 Å². The third-order valence-electron chi connectivity index (χ3n) is 0.483. The van der Waals surface area contributed by atoms with Gasteiger partial charge in [0.1, 0.15) is 0 Å². The lowest BCUT2D eigenvalue weighted by molar-refractivity contribution is 0.519. The molecule has 0 aliphatic heterocycles. The highest BCUT2D eigenvalue weighted by molar-refractivity contribution is 7.77. The second kappa shape index (κ2) is 1.97. The Morgan fingerprint density at radius 3 is 2.75 bits per heavy atom. The molecule has 0 amide bonds. The van der Waals surface area contributed by atoms with Gasteiger partial charge in [-0.2, -0.15) is 4.09 Å². The van der Waals surface area contributed by atoms with Crippen LogP contribution in [0.25, 0.3) is 0 Å². The predicted octanol–water partition coefficient (Wildman–Crippen LogP) is -1.68. The van der Waals surface area contributed by atoms with Gasteiger partial charge in [0, 0.05) is 0 Å². The van der Waals surface area contributed by atoms with Gasteiger partial charge in [-0.15, -0.1) is 5.10 Å². The van der Waals surface area contributed by atoms with Crippen molar-refractivity contribution >= 4 is 11.3 Å². The van der Waals surface area contributed by atoms with Crippen molar-refractivity contribution in [3.63, 3.8) is 0 Å². The van der Waals surface area contributed by atoms with Crippen LogP contribution in [0.3, 0.4) is 0 Å². The van der Waals surface area contributed by atoms with Crippen LogP contribution in [-0.4, -0.2) is 28.4 Å². The Morgan fingerprint density at radius 2 is 2.50 bits per heavy atom. The van der Waals surface area contributed by atoms with E-state index in [9.17, 15) is 8.76 Å². The average Bonchev–Trinajstić information content (AvgIpc) is 2.12. The summed E-state index contributed by atoms with van der Waals surface area (Å²) in [6.07, 6.45) is 0.989. The molecule has 8 heavy (non-hydrogen) atoms. The number of hydrogen-bond donors (Lipinski definition) is 0. The molecule has 44 valence electrons. The number of aromatic nitrogens is 4. The highest BCUT2D eigenvalue weighted by Gasteiger charge is 1.85. The third kappa shape index (κ3) is 0.873. The van der Waals surface area contributed by atoms with Gasteiger partial charge < -0.3 is 4.55 Å². The fraction of sp³-hybridized carbons (Fsp3) is 0. The van der Waals surface area contributed by atoms with E-state index < -0.39 is 11.3 Å². The Labute approximate surface area is 46.9 Å². The standard InChI is InChI=1S/CH2N4O2S/c6-8(7)5-1-2-3-4-5/h1H,(H,6,7)/p-1. The van der Waals surface area contributed by atoms with E-state index in [0.29, 0.717) is 4.09 Å². The molecule has 6 nitrogen and oxygen atoms in total. The predicted molar refractivity (Wildman–Crippen MR) is 22.1 cm³/mol. The monoisotopic (exact) mass is 133 g/mol. The molecule has 0 N–H and O–H groups in total. The Hall–Kier alpha value is -0.820. The van der Waals surface area contributed by atoms with E-state index in [2.05, 4.69) is 15.5 Å². The first-order valence-electron chi connectivity index (χ1n) is 1.63. The maximum Gasteiger partial charge on any atom is 0.152 e. The minimum absolute atomic E-state index is 0.611. The summed E-state index contributed by atoms with van der Waals surface area (Å²) in [6, 6.07) is 0. The molecule has 7 heteroatoms. The highest BCUT2D eigenvalue weighted by atomic mass is 32.2. The number of tetrazole rings is 1. The normalized spacial score (nSPS) is 13.6. The van der Waals surface area contributed by atoms with Crippen molar-refractivity contribution in [3.8, 4) is 0 Å². The molecule has 0 saturated carbocycles. The fourth-order valence-corrected chi connectivity index (χ4v) is 0.433. The number of rotatable bonds is 1. The fourth-order valence-electron chi connectivity index (χ4n) is 0.221. The first-order valence-corrected chi connectivity index (χ1v) is 2.66. The summed E-state index contributed by atoms with van der Waals surface area (Å²) in [4.78, 5) is 0. The van der Waals surface area contributed by atoms with Crippen LogP contribution >= 0.6 is 0 Å². The summed E-state index contributed by atoms with van der Waals surface area (Å²) in [5.74, 6) is 0. The van der Waals surface area contributed by atoms with Gasteiger partial charge in [0.25, 0.3) is 0 Å². The highest BCUT2D eigenvalue weighted by Crippen LogP contribution is 1.74. The van der Waals surface area contributed by atoms with Gasteiger partial charge in [-0.1, -0.05) is 0 Å². The lowest BCUT2D eigenvalue weighted by Crippen LogP contribution is -2.02. The van der Waals surface area contributed by atoms with Crippen LogP contribution in [0.2, 0.25) is 0 Å². The van der Waals surface area contributed by atoms with Crippen LogP contribution in [-0.2, 0) is 11.3 Å². The molecular weight excluding hydrogens is 132 g/mol. The van der Waals surface area contributed by atoms with Crippen molar-refractivity contribution in [2.45, 2.75) is 0 Å². The Morgan fingerprint density at radius 1 is 1.75 bits per heavy atom. The molecule has 0 spiro atoms. The van der Waals surface area contributed by atoms with Gasteiger partial charge in [-0.05, 0) is 10.4 Å². The van der Waals surface area contributed by atoms with Crippen LogP contribution in [0.15, 0.2) is 6.33 Å². The molecule has 1 rings (SSSR count). The average molecular weight is 133 g/mol. The van der Waals surface area contributed by atoms with E-state index in [0.717, 1.165) is 6.33 Å². The molecule has 1 aromatic heterocycles. The molecule has 1 unspecified atom stereocenters. The van der Waals surface area contributed by atoms with Gasteiger partial charge in [0.2, 0.25) is 0 Å². The minimum Gasteiger partial charge on any atom is -0.754 e. The molecule has 0 aromatic carbocycles. The lowest BCUT2D eigenvalue weighted by Gasteiger charge is -1.97. The molecule has 0 radical (unpaired) electrons. The molecule has 0 saturated heterocycles. The molecule has 0 aliphatic rings. The number of nitrogens with zero attached hydrogens (tertiary/aromatic N) is 4. The summed E-state index contributed by atoms with van der Waals surface area (Å²) in [7, 11) is 0. The van der Waals surface area contributed by atoms with Crippen LogP contribution < -0.4 is 0 Å². The Bertz CT molecular complexity index is 182. The first-order chi connectivity index (χ1) is 3.80. The van der Waals surface area contributed by atoms with E-state index in [4.69, 9.17) is 0 Å². The third-order valence-corrected chi connectivity index (χ3v) is 0.956. The van der Waals surface area contributed by atoms with Crippen molar-refractivity contribution in [3.05, 3.63) is 6.33 Å². The largest absolute Gasteiger partial charge is 0.754 e. The van der Waals surface area contributed by atoms with Crippen molar-refractivity contribution in [1.29, 1.82) is 0 Å². The zero-order chi connectivity index (χ0) is 5.98. The van der Waals surface area contributed by atoms with Gasteiger partial charge in [0.05, 0.1) is 11.3 Å². The second-order valence-electron chi connectivity index (χ2n) is 0.929. The summed E-state index contributed by atoms with van der Waals surface area (Å²) >= 11 is -2.37. The number of hydrogen-bond acceptors (Lipinski definition) is 5. The molecule has 0 fully saturated rings. The van der Waals surface area contributed by atoms with Crippen molar-refractivity contribution in [1.82, 2.24) is 19.6 Å². The Balaban J connectivity index is 2.93. The van der Waals surface area contributed by atoms with Crippen LogP contribution in [0.4, 0.5) is 0 Å². The van der Waals surface area contributed by atoms with E-state index in [-0.39, 0.29) is 0 Å². The Kier molecular flexibility index (Phi) is 1.31. The summed E-state index contributed by atoms with van der Waals surface area (Å²) < 4.78 is 20.4. The van der Waals surface area contributed by atoms with Crippen molar-refractivity contribution in [2.24, 2.45) is 0 Å². The zero-order valence-corrected chi connectivity index (χ0v) is 4.41. The quantitative estimate of drug-likeness (QED) is 0.427. The molecule has 0 bridgehead atoms. The maximum absolute atomic E-state index is 9.88. The topological polar surface area (TPSA) is 83.7 Å². The van der Waals surface area contributed by atoms with Gasteiger partial charge in [-0.3, -0.25) is 0 Å². The molecule has 0 aliphatic carbocycles. The summed E-state index contributed by atoms with van der Waals surface area (Å²) in [5, 5.41) is 9.22. The minimum atomic E-state index is -2.37. The smallest absolute Gasteiger partial charge is 0.152 e. The molecule has 1 heterocycles. The first kappa shape index (κ1) is 5.32. The zero-order valence-electron chi connectivity index (χ0n) is 3.59. The molecular formula is CHN4O2S-. The molecule has 1 aromatic rings. The van der Waals surface area contributed by atoms with Gasteiger partial charge in [-0.25, -0.2) is 4.21 Å². The van der Waals surface area contributed by atoms with E-state index in [1.807, 2.05) is 0 Å². The van der Waals surface area contributed by atoms with Crippen LogP contribution in [0, 0.1) is 0 Å². The van der Waals surface area contributed by atoms with Gasteiger partial charge >= 0.3 is 0 Å². The summed E-state index contributed by atoms with van der Waals surface area (Å²) in [5.41, 5.74) is 0. The van der Waals surface area contributed by atoms with Crippen molar-refractivity contribution in [2.75, 3.05) is 0 Å².